The Morgan fingerprint density at radius 2 is 2.15 bits per heavy atom. The SMILES string of the molecule is CCC(C)Cc1c(C)sc2nc(CNc3ccc4c(c3)OCO4)[nH]c(=O)c12. The number of anilines is 1. The van der Waals surface area contributed by atoms with Crippen LogP contribution in [0, 0.1) is 12.8 Å². The van der Waals surface area contributed by atoms with Crippen LogP contribution in [0.2, 0.25) is 0 Å². The van der Waals surface area contributed by atoms with Gasteiger partial charge in [-0.1, -0.05) is 20.3 Å². The van der Waals surface area contributed by atoms with Gasteiger partial charge in [0.25, 0.3) is 5.56 Å². The van der Waals surface area contributed by atoms with E-state index in [0.717, 1.165) is 45.8 Å². The van der Waals surface area contributed by atoms with Gasteiger partial charge in [-0.15, -0.1) is 11.3 Å². The Morgan fingerprint density at radius 1 is 1.33 bits per heavy atom. The number of aromatic amines is 1. The molecule has 1 aliphatic rings. The van der Waals surface area contributed by atoms with E-state index in [1.54, 1.807) is 11.3 Å². The molecule has 142 valence electrons. The van der Waals surface area contributed by atoms with Crippen molar-refractivity contribution >= 4 is 27.2 Å². The van der Waals surface area contributed by atoms with Crippen LogP contribution in [0.5, 0.6) is 11.5 Å². The summed E-state index contributed by atoms with van der Waals surface area (Å²) < 4.78 is 10.7. The molecule has 1 unspecified atom stereocenters. The number of nitrogens with one attached hydrogen (secondary N) is 2. The highest BCUT2D eigenvalue weighted by Crippen LogP contribution is 2.34. The quantitative estimate of drug-likeness (QED) is 0.664. The van der Waals surface area contributed by atoms with Gasteiger partial charge in [-0.25, -0.2) is 4.98 Å². The molecule has 6 nitrogen and oxygen atoms in total. The third-order valence-electron chi connectivity index (χ3n) is 4.99. The number of nitrogens with zero attached hydrogens (tertiary/aromatic N) is 1. The lowest BCUT2D eigenvalue weighted by molar-refractivity contribution is 0.174. The third kappa shape index (κ3) is 3.51. The molecule has 7 heteroatoms. The standard InChI is InChI=1S/C20H23N3O3S/c1-4-11(2)7-14-12(3)27-20-18(14)19(24)22-17(23-20)9-21-13-5-6-15-16(8-13)26-10-25-15/h5-6,8,11,21H,4,7,9-10H2,1-3H3,(H,22,23,24). The molecule has 0 spiro atoms. The fourth-order valence-corrected chi connectivity index (χ4v) is 4.31. The minimum absolute atomic E-state index is 0.0508. The van der Waals surface area contributed by atoms with Crippen molar-refractivity contribution in [2.24, 2.45) is 5.92 Å². The topological polar surface area (TPSA) is 76.2 Å². The van der Waals surface area contributed by atoms with Crippen LogP contribution < -0.4 is 20.3 Å². The second-order valence-corrected chi connectivity index (χ2v) is 8.17. The second-order valence-electron chi connectivity index (χ2n) is 6.97. The van der Waals surface area contributed by atoms with Gasteiger partial charge >= 0.3 is 0 Å². The summed E-state index contributed by atoms with van der Waals surface area (Å²) in [6.07, 6.45) is 2.02. The number of hydrogen-bond acceptors (Lipinski definition) is 6. The molecule has 0 fully saturated rings. The number of H-pyrrole nitrogens is 1. The first-order valence-electron chi connectivity index (χ1n) is 9.19. The van der Waals surface area contributed by atoms with Gasteiger partial charge in [-0.2, -0.15) is 0 Å². The van der Waals surface area contributed by atoms with Crippen molar-refractivity contribution in [3.63, 3.8) is 0 Å². The number of hydrogen-bond donors (Lipinski definition) is 2. The maximum atomic E-state index is 12.7. The molecule has 4 rings (SSSR count). The monoisotopic (exact) mass is 385 g/mol. The molecule has 0 bridgehead atoms. The van der Waals surface area contributed by atoms with Gasteiger partial charge in [0.1, 0.15) is 10.7 Å². The van der Waals surface area contributed by atoms with Gasteiger partial charge in [0.2, 0.25) is 6.79 Å². The van der Waals surface area contributed by atoms with E-state index in [1.807, 2.05) is 18.2 Å². The lowest BCUT2D eigenvalue weighted by atomic mass is 9.98. The van der Waals surface area contributed by atoms with Gasteiger partial charge in [0, 0.05) is 16.6 Å². The van der Waals surface area contributed by atoms with Gasteiger partial charge in [0.15, 0.2) is 11.5 Å². The van der Waals surface area contributed by atoms with Crippen LogP contribution in [-0.2, 0) is 13.0 Å². The summed E-state index contributed by atoms with van der Waals surface area (Å²) in [5, 5.41) is 4.04. The van der Waals surface area contributed by atoms with Crippen molar-refractivity contribution in [2.45, 2.75) is 40.2 Å². The molecule has 0 saturated heterocycles. The number of aromatic nitrogens is 2. The lowest BCUT2D eigenvalue weighted by Crippen LogP contribution is -2.15. The maximum Gasteiger partial charge on any atom is 0.259 e. The van der Waals surface area contributed by atoms with Crippen LogP contribution in [0.25, 0.3) is 10.2 Å². The fourth-order valence-electron chi connectivity index (χ4n) is 3.23. The molecule has 0 radical (unpaired) electrons. The molecule has 2 aromatic heterocycles. The second kappa shape index (κ2) is 7.23. The smallest absolute Gasteiger partial charge is 0.259 e. The first-order valence-corrected chi connectivity index (χ1v) is 10.0. The largest absolute Gasteiger partial charge is 0.454 e. The summed E-state index contributed by atoms with van der Waals surface area (Å²) >= 11 is 1.60. The first kappa shape index (κ1) is 17.9. The molecule has 3 aromatic rings. The van der Waals surface area contributed by atoms with Crippen molar-refractivity contribution < 1.29 is 9.47 Å². The molecule has 0 saturated carbocycles. The highest BCUT2D eigenvalue weighted by atomic mass is 32.1. The van der Waals surface area contributed by atoms with Crippen LogP contribution >= 0.6 is 11.3 Å². The van der Waals surface area contributed by atoms with E-state index in [9.17, 15) is 4.79 Å². The third-order valence-corrected chi connectivity index (χ3v) is 6.04. The Morgan fingerprint density at radius 3 is 2.96 bits per heavy atom. The van der Waals surface area contributed by atoms with E-state index in [0.29, 0.717) is 18.3 Å². The number of thiophene rings is 1. The molecule has 1 aliphatic heterocycles. The molecule has 2 N–H and O–H groups in total. The van der Waals surface area contributed by atoms with Crippen molar-refractivity contribution in [3.8, 4) is 11.5 Å². The van der Waals surface area contributed by atoms with Crippen molar-refractivity contribution in [3.05, 3.63) is 44.8 Å². The van der Waals surface area contributed by atoms with E-state index in [2.05, 4.69) is 36.1 Å². The maximum absolute atomic E-state index is 12.7. The molecule has 27 heavy (non-hydrogen) atoms. The zero-order valence-corrected chi connectivity index (χ0v) is 16.5. The Kier molecular flexibility index (Phi) is 4.78. The molecule has 0 aliphatic carbocycles. The predicted octanol–water partition coefficient (Wildman–Crippen LogP) is 4.22. The highest BCUT2D eigenvalue weighted by molar-refractivity contribution is 7.18. The molecule has 1 atom stereocenters. The van der Waals surface area contributed by atoms with Gasteiger partial charge in [-0.05, 0) is 37.0 Å². The summed E-state index contributed by atoms with van der Waals surface area (Å²) in [6, 6.07) is 5.68. The number of rotatable bonds is 6. The molecule has 3 heterocycles. The minimum Gasteiger partial charge on any atom is -0.454 e. The lowest BCUT2D eigenvalue weighted by Gasteiger charge is -2.09. The molecule has 0 amide bonds. The fraction of sp³-hybridized carbons (Fsp3) is 0.400. The summed E-state index contributed by atoms with van der Waals surface area (Å²) in [5.74, 6) is 2.65. The average Bonchev–Trinajstić information content (AvgIpc) is 3.24. The van der Waals surface area contributed by atoms with Gasteiger partial charge < -0.3 is 19.8 Å². The number of fused-ring (bicyclic) bond motifs is 2. The van der Waals surface area contributed by atoms with Crippen LogP contribution in [0.1, 0.15) is 36.5 Å². The Balaban J connectivity index is 1.57. The number of aryl methyl sites for hydroxylation is 1. The van der Waals surface area contributed by atoms with Gasteiger partial charge in [0.05, 0.1) is 11.9 Å². The zero-order valence-electron chi connectivity index (χ0n) is 15.7. The number of ether oxygens (including phenoxy) is 2. The Hall–Kier alpha value is -2.54. The first-order chi connectivity index (χ1) is 13.0. The summed E-state index contributed by atoms with van der Waals surface area (Å²) in [7, 11) is 0. The van der Waals surface area contributed by atoms with Crippen LogP contribution in [0.4, 0.5) is 5.69 Å². The van der Waals surface area contributed by atoms with E-state index in [1.165, 1.54) is 4.88 Å². The minimum atomic E-state index is -0.0508. The summed E-state index contributed by atoms with van der Waals surface area (Å²) in [6.45, 7) is 7.16. The predicted molar refractivity (Wildman–Crippen MR) is 108 cm³/mol. The van der Waals surface area contributed by atoms with Gasteiger partial charge in [-0.3, -0.25) is 4.79 Å². The zero-order chi connectivity index (χ0) is 19.0. The van der Waals surface area contributed by atoms with E-state index < -0.39 is 0 Å². The Labute approximate surface area is 161 Å². The van der Waals surface area contributed by atoms with E-state index in [-0.39, 0.29) is 12.4 Å². The van der Waals surface area contributed by atoms with Crippen LogP contribution in [0.3, 0.4) is 0 Å². The molecular formula is C20H23N3O3S. The van der Waals surface area contributed by atoms with E-state index >= 15 is 0 Å². The van der Waals surface area contributed by atoms with Crippen molar-refractivity contribution in [1.82, 2.24) is 9.97 Å². The Bertz CT molecular complexity index is 1040. The van der Waals surface area contributed by atoms with E-state index in [4.69, 9.17) is 9.47 Å². The summed E-state index contributed by atoms with van der Waals surface area (Å²) in [5.41, 5.74) is 1.99. The highest BCUT2D eigenvalue weighted by Gasteiger charge is 2.17. The normalized spacial score (nSPS) is 13.9. The van der Waals surface area contributed by atoms with Crippen molar-refractivity contribution in [1.29, 1.82) is 0 Å². The van der Waals surface area contributed by atoms with Crippen LogP contribution in [0.15, 0.2) is 23.0 Å². The molecule has 1 aromatic carbocycles. The van der Waals surface area contributed by atoms with Crippen molar-refractivity contribution in [2.75, 3.05) is 12.1 Å². The van der Waals surface area contributed by atoms with Crippen LogP contribution in [-0.4, -0.2) is 16.8 Å². The average molecular weight is 385 g/mol. The summed E-state index contributed by atoms with van der Waals surface area (Å²) in [4.78, 5) is 22.3. The number of benzene rings is 1. The molecular weight excluding hydrogens is 362 g/mol.